The Bertz CT molecular complexity index is 614. The topological polar surface area (TPSA) is 65.0 Å². The number of unbranched alkanes of at least 4 members (excludes halogenated alkanes) is 7. The van der Waals surface area contributed by atoms with E-state index < -0.39 is 11.7 Å². The fourth-order valence-corrected chi connectivity index (χ4v) is 3.93. The second-order valence-electron chi connectivity index (χ2n) is 9.17. The van der Waals surface area contributed by atoms with Gasteiger partial charge >= 0.3 is 5.97 Å². The van der Waals surface area contributed by atoms with Crippen molar-refractivity contribution in [2.45, 2.75) is 97.2 Å². The third kappa shape index (κ3) is 16.3. The van der Waals surface area contributed by atoms with Gasteiger partial charge in [0.15, 0.2) is 0 Å². The number of carbonyl (C=O) groups excluding carboxylic acids is 1. The van der Waals surface area contributed by atoms with E-state index in [0.717, 1.165) is 18.8 Å². The zero-order chi connectivity index (χ0) is 23.7. The Morgan fingerprint density at radius 1 is 1.00 bits per heavy atom. The first-order valence-electron chi connectivity index (χ1n) is 12.1. The molecular weight excluding hydrogens is 424 g/mol. The summed E-state index contributed by atoms with van der Waals surface area (Å²) in [5, 5.41) is 10.1. The summed E-state index contributed by atoms with van der Waals surface area (Å²) >= 11 is 1.52. The van der Waals surface area contributed by atoms with E-state index in [0.29, 0.717) is 23.7 Å². The number of carbonyl (C=O) groups is 1. The van der Waals surface area contributed by atoms with Gasteiger partial charge in [0.05, 0.1) is 19.1 Å². The van der Waals surface area contributed by atoms with Crippen LogP contribution in [0.2, 0.25) is 0 Å². The average molecular weight is 469 g/mol. The van der Waals surface area contributed by atoms with Crippen molar-refractivity contribution in [3.05, 3.63) is 24.3 Å². The third-order valence-corrected chi connectivity index (χ3v) is 5.81. The first-order valence-corrected chi connectivity index (χ1v) is 13.3. The molecule has 0 amide bonds. The molecule has 0 aliphatic rings. The van der Waals surface area contributed by atoms with E-state index in [1.165, 1.54) is 56.7 Å². The lowest BCUT2D eigenvalue weighted by atomic mass is 10.1. The molecule has 1 N–H and O–H groups in total. The molecule has 184 valence electrons. The highest BCUT2D eigenvalue weighted by Crippen LogP contribution is 2.20. The van der Waals surface area contributed by atoms with Crippen molar-refractivity contribution in [3.63, 3.8) is 0 Å². The van der Waals surface area contributed by atoms with Crippen LogP contribution in [-0.4, -0.2) is 47.5 Å². The summed E-state index contributed by atoms with van der Waals surface area (Å²) in [4.78, 5) is 11.7. The van der Waals surface area contributed by atoms with Gasteiger partial charge in [-0.1, -0.05) is 57.9 Å². The van der Waals surface area contributed by atoms with Crippen LogP contribution in [-0.2, 0) is 9.53 Å². The summed E-state index contributed by atoms with van der Waals surface area (Å²) in [5.74, 6) is 2.41. The average Bonchev–Trinajstić information content (AvgIpc) is 2.73. The van der Waals surface area contributed by atoms with E-state index in [-0.39, 0.29) is 12.6 Å². The van der Waals surface area contributed by atoms with Crippen LogP contribution in [0.1, 0.15) is 85.5 Å². The highest BCUT2D eigenvalue weighted by Gasteiger charge is 2.16. The second kappa shape index (κ2) is 17.1. The van der Waals surface area contributed by atoms with Gasteiger partial charge in [-0.3, -0.25) is 4.79 Å². The van der Waals surface area contributed by atoms with Crippen molar-refractivity contribution >= 4 is 17.7 Å². The molecule has 1 aromatic carbocycles. The molecule has 0 heterocycles. The monoisotopic (exact) mass is 468 g/mol. The Kier molecular flexibility index (Phi) is 15.3. The van der Waals surface area contributed by atoms with E-state index in [9.17, 15) is 9.90 Å². The van der Waals surface area contributed by atoms with Gasteiger partial charge in [0, 0.05) is 17.6 Å². The van der Waals surface area contributed by atoms with Crippen LogP contribution in [0.5, 0.6) is 11.5 Å². The highest BCUT2D eigenvalue weighted by atomic mass is 32.2. The number of aliphatic hydroxyl groups is 1. The van der Waals surface area contributed by atoms with Crippen LogP contribution in [0.15, 0.2) is 24.3 Å². The van der Waals surface area contributed by atoms with Gasteiger partial charge in [-0.05, 0) is 39.3 Å². The first kappa shape index (κ1) is 28.6. The smallest absolute Gasteiger partial charge is 0.307 e. The molecule has 1 aromatic rings. The van der Waals surface area contributed by atoms with Crippen LogP contribution in [0.25, 0.3) is 0 Å². The lowest BCUT2D eigenvalue weighted by Gasteiger charge is -2.19. The maximum Gasteiger partial charge on any atom is 0.307 e. The summed E-state index contributed by atoms with van der Waals surface area (Å²) in [5.41, 5.74) is -0.457. The Hall–Kier alpha value is -1.40. The molecule has 1 atom stereocenters. The fraction of sp³-hybridized carbons (Fsp3) is 0.731. The maximum atomic E-state index is 11.7. The maximum absolute atomic E-state index is 11.7. The molecule has 1 rings (SSSR count). The van der Waals surface area contributed by atoms with Gasteiger partial charge in [0.25, 0.3) is 0 Å². The van der Waals surface area contributed by atoms with Gasteiger partial charge in [-0.2, -0.15) is 11.8 Å². The van der Waals surface area contributed by atoms with E-state index in [2.05, 4.69) is 6.92 Å². The molecule has 0 aliphatic carbocycles. The Balaban J connectivity index is 2.13. The normalized spacial score (nSPS) is 12.4. The third-order valence-electron chi connectivity index (χ3n) is 4.70. The number of esters is 1. The predicted molar refractivity (Wildman–Crippen MR) is 134 cm³/mol. The number of thioether (sulfide) groups is 1. The number of ether oxygens (including phenoxy) is 3. The lowest BCUT2D eigenvalue weighted by Crippen LogP contribution is -2.24. The minimum Gasteiger partial charge on any atom is -0.493 e. The van der Waals surface area contributed by atoms with Crippen LogP contribution in [0, 0.1) is 0 Å². The summed E-state index contributed by atoms with van der Waals surface area (Å²) in [6.45, 7) is 8.74. The van der Waals surface area contributed by atoms with Gasteiger partial charge in [0.2, 0.25) is 0 Å². The van der Waals surface area contributed by atoms with E-state index in [1.807, 2.05) is 45.0 Å². The van der Waals surface area contributed by atoms with E-state index >= 15 is 0 Å². The summed E-state index contributed by atoms with van der Waals surface area (Å²) in [6, 6.07) is 7.57. The number of hydrogen-bond acceptors (Lipinski definition) is 6. The van der Waals surface area contributed by atoms with Crippen molar-refractivity contribution in [2.75, 3.05) is 24.7 Å². The minimum atomic E-state index is -0.597. The number of aliphatic hydroxyl groups excluding tert-OH is 1. The molecular formula is C26H44O5S. The first-order chi connectivity index (χ1) is 15.3. The summed E-state index contributed by atoms with van der Waals surface area (Å²) in [7, 11) is 0. The molecule has 32 heavy (non-hydrogen) atoms. The Morgan fingerprint density at radius 2 is 1.62 bits per heavy atom. The van der Waals surface area contributed by atoms with Crippen molar-refractivity contribution in [2.24, 2.45) is 0 Å². The minimum absolute atomic E-state index is 0.209. The quantitative estimate of drug-likeness (QED) is 0.198. The van der Waals surface area contributed by atoms with Gasteiger partial charge < -0.3 is 19.3 Å². The van der Waals surface area contributed by atoms with Gasteiger partial charge in [-0.25, -0.2) is 0 Å². The number of hydrogen-bond donors (Lipinski definition) is 1. The summed E-state index contributed by atoms with van der Waals surface area (Å²) in [6.07, 6.45) is 9.98. The summed E-state index contributed by atoms with van der Waals surface area (Å²) < 4.78 is 16.8. The molecule has 0 spiro atoms. The molecule has 0 saturated carbocycles. The largest absolute Gasteiger partial charge is 0.493 e. The SMILES string of the molecule is CCCCCCCCCCOc1cccc(OCC(O)CSCCC(=O)OC(C)(C)C)c1. The van der Waals surface area contributed by atoms with Gasteiger partial charge in [0.1, 0.15) is 23.7 Å². The molecule has 0 fully saturated rings. The molecule has 0 aliphatic heterocycles. The van der Waals surface area contributed by atoms with Crippen molar-refractivity contribution in [1.29, 1.82) is 0 Å². The van der Waals surface area contributed by atoms with E-state index in [4.69, 9.17) is 14.2 Å². The van der Waals surface area contributed by atoms with Crippen molar-refractivity contribution < 1.29 is 24.1 Å². The molecule has 0 radical (unpaired) electrons. The molecule has 1 unspecified atom stereocenters. The fourth-order valence-electron chi connectivity index (χ4n) is 3.09. The Morgan fingerprint density at radius 3 is 2.28 bits per heavy atom. The van der Waals surface area contributed by atoms with Crippen LogP contribution >= 0.6 is 11.8 Å². The van der Waals surface area contributed by atoms with Crippen LogP contribution < -0.4 is 9.47 Å². The van der Waals surface area contributed by atoms with Crippen molar-refractivity contribution in [3.8, 4) is 11.5 Å². The van der Waals surface area contributed by atoms with Crippen molar-refractivity contribution in [1.82, 2.24) is 0 Å². The molecule has 6 heteroatoms. The second-order valence-corrected chi connectivity index (χ2v) is 10.3. The van der Waals surface area contributed by atoms with Gasteiger partial charge in [-0.15, -0.1) is 0 Å². The molecule has 0 aromatic heterocycles. The molecule has 5 nitrogen and oxygen atoms in total. The van der Waals surface area contributed by atoms with E-state index in [1.54, 1.807) is 0 Å². The number of benzene rings is 1. The zero-order valence-electron chi connectivity index (χ0n) is 20.6. The standard InChI is InChI=1S/C26H44O5S/c1-5-6-7-8-9-10-11-12-17-29-23-14-13-15-24(19-23)30-20-22(27)21-32-18-16-25(28)31-26(2,3)4/h13-15,19,22,27H,5-12,16-18,20-21H2,1-4H3. The van der Waals surface area contributed by atoms with Crippen LogP contribution in [0.4, 0.5) is 0 Å². The van der Waals surface area contributed by atoms with Crippen LogP contribution in [0.3, 0.4) is 0 Å². The lowest BCUT2D eigenvalue weighted by molar-refractivity contribution is -0.154. The molecule has 0 saturated heterocycles. The Labute approximate surface area is 199 Å². The number of rotatable bonds is 18. The zero-order valence-corrected chi connectivity index (χ0v) is 21.4. The predicted octanol–water partition coefficient (Wildman–Crippen LogP) is 6.41. The molecule has 0 bridgehead atoms. The highest BCUT2D eigenvalue weighted by molar-refractivity contribution is 7.99.